The van der Waals surface area contributed by atoms with Gasteiger partial charge in [-0.25, -0.2) is 4.79 Å². The lowest BCUT2D eigenvalue weighted by Gasteiger charge is -2.49. The zero-order valence-corrected chi connectivity index (χ0v) is 22.8. The van der Waals surface area contributed by atoms with Crippen LogP contribution in [0.4, 0.5) is 0 Å². The van der Waals surface area contributed by atoms with Crippen LogP contribution < -0.4 is 10.1 Å². The quantitative estimate of drug-likeness (QED) is 0.345. The summed E-state index contributed by atoms with van der Waals surface area (Å²) in [5.74, 6) is -1.52. The van der Waals surface area contributed by atoms with Crippen LogP contribution in [0.15, 0.2) is 40.0 Å². The first kappa shape index (κ1) is 27.6. The molecule has 0 radical (unpaired) electrons. The zero-order valence-electron chi connectivity index (χ0n) is 21.2. The fraction of sp³-hybridized carbons (Fsp3) is 0.385. The number of ether oxygens (including phenoxy) is 2. The highest BCUT2D eigenvalue weighted by atomic mass is 35.5. The van der Waals surface area contributed by atoms with Gasteiger partial charge in [-0.15, -0.1) is 11.8 Å². The van der Waals surface area contributed by atoms with E-state index in [1.807, 2.05) is 32.9 Å². The van der Waals surface area contributed by atoms with Crippen LogP contribution in [-0.4, -0.2) is 57.5 Å². The summed E-state index contributed by atoms with van der Waals surface area (Å²) in [6, 6.07) is 5.92. The maximum atomic E-state index is 12.8. The Labute approximate surface area is 228 Å². The van der Waals surface area contributed by atoms with Gasteiger partial charge in [0.05, 0.1) is 0 Å². The van der Waals surface area contributed by atoms with E-state index < -0.39 is 35.2 Å². The monoisotopic (exact) mass is 562 g/mol. The molecule has 38 heavy (non-hydrogen) atoms. The van der Waals surface area contributed by atoms with E-state index in [0.717, 1.165) is 16.0 Å². The normalized spacial score (nSPS) is 18.7. The number of nitrogens with zero attached hydrogens (tertiary/aromatic N) is 1. The van der Waals surface area contributed by atoms with Crippen LogP contribution in [0.5, 0.6) is 5.75 Å². The Morgan fingerprint density at radius 3 is 2.66 bits per heavy atom. The second-order valence-corrected chi connectivity index (χ2v) is 10.8. The number of aliphatic carboxylic acids is 1. The van der Waals surface area contributed by atoms with Crippen molar-refractivity contribution < 1.29 is 38.2 Å². The van der Waals surface area contributed by atoms with E-state index in [4.69, 9.17) is 25.5 Å². The van der Waals surface area contributed by atoms with Gasteiger partial charge < -0.3 is 24.3 Å². The van der Waals surface area contributed by atoms with Crippen molar-refractivity contribution in [2.24, 2.45) is 0 Å². The Kier molecular flexibility index (Phi) is 8.08. The van der Waals surface area contributed by atoms with Crippen molar-refractivity contribution in [2.45, 2.75) is 51.6 Å². The molecule has 2 aliphatic heterocycles. The minimum atomic E-state index is -1.30. The number of nitrogens with one attached hydrogen (secondary N) is 1. The molecule has 12 heteroatoms. The van der Waals surface area contributed by atoms with Gasteiger partial charge in [-0.1, -0.05) is 25.4 Å². The lowest BCUT2D eigenvalue weighted by Crippen LogP contribution is -2.70. The number of amides is 2. The molecule has 0 aliphatic carbocycles. The SMILES string of the molecule is CC(=O)OCC1=C(C(=O)O)N2C(=O)[C@@H](NC(=O)c3ccc(COc4cc(C)c(Cl)cc4C(C)C)o3)[C@H]2SC1. The van der Waals surface area contributed by atoms with Crippen LogP contribution in [0, 0.1) is 6.92 Å². The first-order valence-electron chi connectivity index (χ1n) is 11.8. The van der Waals surface area contributed by atoms with Crippen molar-refractivity contribution >= 4 is 47.1 Å². The first-order valence-corrected chi connectivity index (χ1v) is 13.3. The third kappa shape index (κ3) is 5.53. The fourth-order valence-electron chi connectivity index (χ4n) is 4.17. The summed E-state index contributed by atoms with van der Waals surface area (Å²) < 4.78 is 16.5. The molecule has 1 aromatic carbocycles. The molecule has 0 bridgehead atoms. The summed E-state index contributed by atoms with van der Waals surface area (Å²) in [6.45, 7) is 7.04. The van der Waals surface area contributed by atoms with Gasteiger partial charge in [0.15, 0.2) is 5.76 Å². The summed E-state index contributed by atoms with van der Waals surface area (Å²) in [6.07, 6.45) is 0. The van der Waals surface area contributed by atoms with Crippen LogP contribution in [0.1, 0.15) is 54.1 Å². The molecule has 2 aliphatic rings. The van der Waals surface area contributed by atoms with Crippen molar-refractivity contribution in [3.05, 3.63) is 63.2 Å². The fourth-order valence-corrected chi connectivity index (χ4v) is 5.67. The molecular formula is C26H27ClN2O8S. The molecule has 1 aromatic heterocycles. The highest BCUT2D eigenvalue weighted by molar-refractivity contribution is 8.00. The molecule has 10 nitrogen and oxygen atoms in total. The second kappa shape index (κ2) is 11.1. The summed E-state index contributed by atoms with van der Waals surface area (Å²) in [4.78, 5) is 49.7. The van der Waals surface area contributed by atoms with E-state index in [0.29, 0.717) is 22.1 Å². The van der Waals surface area contributed by atoms with Gasteiger partial charge in [0.1, 0.15) is 41.8 Å². The number of hydrogen-bond donors (Lipinski definition) is 2. The molecule has 0 spiro atoms. The van der Waals surface area contributed by atoms with Crippen LogP contribution in [0.3, 0.4) is 0 Å². The predicted molar refractivity (Wildman–Crippen MR) is 139 cm³/mol. The van der Waals surface area contributed by atoms with Crippen molar-refractivity contribution in [2.75, 3.05) is 12.4 Å². The van der Waals surface area contributed by atoms with Crippen molar-refractivity contribution in [1.29, 1.82) is 0 Å². The number of carboxylic acids is 1. The number of carbonyl (C=O) groups is 4. The lowest BCUT2D eigenvalue weighted by atomic mass is 10.0. The Hall–Kier alpha value is -3.44. The molecule has 202 valence electrons. The maximum absolute atomic E-state index is 12.8. The van der Waals surface area contributed by atoms with Gasteiger partial charge >= 0.3 is 11.9 Å². The van der Waals surface area contributed by atoms with E-state index >= 15 is 0 Å². The molecule has 0 unspecified atom stereocenters. The van der Waals surface area contributed by atoms with E-state index in [1.165, 1.54) is 24.8 Å². The number of carbonyl (C=O) groups excluding carboxylic acids is 3. The number of aryl methyl sites for hydroxylation is 1. The average Bonchev–Trinajstić information content (AvgIpc) is 3.34. The molecule has 3 heterocycles. The Bertz CT molecular complexity index is 1330. The molecule has 2 aromatic rings. The molecule has 1 saturated heterocycles. The Morgan fingerprint density at radius 1 is 1.26 bits per heavy atom. The topological polar surface area (TPSA) is 135 Å². The summed E-state index contributed by atoms with van der Waals surface area (Å²) >= 11 is 7.53. The lowest BCUT2D eigenvalue weighted by molar-refractivity contribution is -0.149. The number of thioether (sulfide) groups is 1. The van der Waals surface area contributed by atoms with Crippen LogP contribution in [-0.2, 0) is 25.7 Å². The number of hydrogen-bond acceptors (Lipinski definition) is 8. The molecule has 2 N–H and O–H groups in total. The van der Waals surface area contributed by atoms with Gasteiger partial charge in [-0.2, -0.15) is 0 Å². The van der Waals surface area contributed by atoms with Crippen LogP contribution in [0.2, 0.25) is 5.02 Å². The predicted octanol–water partition coefficient (Wildman–Crippen LogP) is 3.86. The Morgan fingerprint density at radius 2 is 2.00 bits per heavy atom. The third-order valence-electron chi connectivity index (χ3n) is 6.15. The number of rotatable bonds is 9. The van der Waals surface area contributed by atoms with E-state index in [-0.39, 0.29) is 36.3 Å². The largest absolute Gasteiger partial charge is 0.485 e. The zero-order chi connectivity index (χ0) is 27.7. The van der Waals surface area contributed by atoms with Gasteiger partial charge in [-0.3, -0.25) is 19.3 Å². The third-order valence-corrected chi connectivity index (χ3v) is 7.90. The first-order chi connectivity index (χ1) is 18.0. The number of esters is 1. The second-order valence-electron chi connectivity index (χ2n) is 9.25. The minimum absolute atomic E-state index is 0.00317. The highest BCUT2D eigenvalue weighted by Gasteiger charge is 2.54. The van der Waals surface area contributed by atoms with Gasteiger partial charge in [0.2, 0.25) is 0 Å². The number of β-lactam (4-membered cyclic amide) rings is 1. The van der Waals surface area contributed by atoms with E-state index in [1.54, 1.807) is 6.07 Å². The smallest absolute Gasteiger partial charge is 0.352 e. The number of benzene rings is 1. The van der Waals surface area contributed by atoms with Gasteiger partial charge in [0.25, 0.3) is 11.8 Å². The van der Waals surface area contributed by atoms with Gasteiger partial charge in [-0.05, 0) is 48.2 Å². The number of fused-ring (bicyclic) bond motifs is 1. The Balaban J connectivity index is 1.40. The maximum Gasteiger partial charge on any atom is 0.352 e. The summed E-state index contributed by atoms with van der Waals surface area (Å²) in [7, 11) is 0. The standard InChI is InChI=1S/C26H27ClN2O8S/c1-12(2)17-8-18(27)13(3)7-20(17)36-10-16-5-6-19(37-16)23(31)28-21-24(32)29-22(26(33)34)15(9-35-14(4)30)11-38-25(21)29/h5-8,12,21,25H,9-11H2,1-4H3,(H,28,31)(H,33,34)/t21-,25-/m1/s1. The number of carboxylic acid groups (broad SMARTS) is 1. The van der Waals surface area contributed by atoms with Gasteiger partial charge in [0, 0.05) is 23.3 Å². The average molecular weight is 563 g/mol. The number of halogens is 1. The molecule has 2 amide bonds. The highest BCUT2D eigenvalue weighted by Crippen LogP contribution is 2.40. The van der Waals surface area contributed by atoms with Crippen LogP contribution >= 0.6 is 23.4 Å². The summed E-state index contributed by atoms with van der Waals surface area (Å²) in [5.41, 5.74) is 1.93. The number of furan rings is 1. The minimum Gasteiger partial charge on any atom is -0.485 e. The van der Waals surface area contributed by atoms with Crippen molar-refractivity contribution in [3.8, 4) is 5.75 Å². The molecule has 4 rings (SSSR count). The molecule has 1 fully saturated rings. The van der Waals surface area contributed by atoms with Crippen molar-refractivity contribution in [1.82, 2.24) is 10.2 Å². The molecule has 0 saturated carbocycles. The molecular weight excluding hydrogens is 536 g/mol. The van der Waals surface area contributed by atoms with Crippen LogP contribution in [0.25, 0.3) is 0 Å². The molecule has 2 atom stereocenters. The van der Waals surface area contributed by atoms with E-state index in [2.05, 4.69) is 5.32 Å². The van der Waals surface area contributed by atoms with Crippen molar-refractivity contribution in [3.63, 3.8) is 0 Å². The summed E-state index contributed by atoms with van der Waals surface area (Å²) in [5, 5.41) is 12.3. The van der Waals surface area contributed by atoms with E-state index in [9.17, 15) is 24.3 Å².